The average molecular weight is 442 g/mol. The number of rotatable bonds is 8. The summed E-state index contributed by atoms with van der Waals surface area (Å²) in [4.78, 5) is 4.93. The predicted octanol–water partition coefficient (Wildman–Crippen LogP) is 7.71. The Balaban J connectivity index is 1.78. The summed E-state index contributed by atoms with van der Waals surface area (Å²) in [7, 11) is 0. The maximum atomic E-state index is 14.5. The normalized spacial score (nSPS) is 11.7. The van der Waals surface area contributed by atoms with Gasteiger partial charge in [-0.05, 0) is 73.7 Å². The molecule has 0 unspecified atom stereocenters. The zero-order valence-corrected chi connectivity index (χ0v) is 20.0. The van der Waals surface area contributed by atoms with Crippen molar-refractivity contribution >= 4 is 28.2 Å². The number of allylic oxidation sites excluding steroid dienone is 1. The third-order valence-corrected chi connectivity index (χ3v) is 5.92. The van der Waals surface area contributed by atoms with Crippen molar-refractivity contribution in [1.82, 2.24) is 9.55 Å². The molecule has 0 radical (unpaired) electrons. The van der Waals surface area contributed by atoms with Crippen molar-refractivity contribution in [3.8, 4) is 0 Å². The maximum absolute atomic E-state index is 14.5. The Morgan fingerprint density at radius 2 is 1.73 bits per heavy atom. The Morgan fingerprint density at radius 3 is 2.36 bits per heavy atom. The zero-order chi connectivity index (χ0) is 23.6. The molecule has 170 valence electrons. The number of fused-ring (bicyclic) bond motifs is 1. The van der Waals surface area contributed by atoms with E-state index in [2.05, 4.69) is 71.9 Å². The summed E-state index contributed by atoms with van der Waals surface area (Å²) in [6.07, 6.45) is 1.38. The van der Waals surface area contributed by atoms with Crippen molar-refractivity contribution < 1.29 is 4.39 Å². The number of aromatic nitrogens is 2. The number of imidazole rings is 1. The van der Waals surface area contributed by atoms with Crippen LogP contribution >= 0.6 is 0 Å². The van der Waals surface area contributed by atoms with Gasteiger partial charge in [0.25, 0.3) is 0 Å². The molecular formula is C29H32FN3. The van der Waals surface area contributed by atoms with Crippen molar-refractivity contribution in [2.45, 2.75) is 52.8 Å². The molecule has 4 aromatic rings. The minimum absolute atomic E-state index is 0.372. The van der Waals surface area contributed by atoms with Crippen molar-refractivity contribution in [2.24, 2.45) is 0 Å². The standard InChI is InChI=1S/C29H32FN3/c1-6-21-11-14-25(15-12-21)31-28-32-26-17-22(20(2)3)13-16-27(26)33(28)19-24-10-8-7-9-23(24)18-29(4,5)30/h7-17H,2,6,18-19H2,1,3-5H3,(H,31,32). The molecule has 4 heteroatoms. The number of hydrogen-bond acceptors (Lipinski definition) is 2. The first-order chi connectivity index (χ1) is 15.7. The van der Waals surface area contributed by atoms with E-state index in [1.807, 2.05) is 25.1 Å². The fourth-order valence-corrected chi connectivity index (χ4v) is 4.11. The second-order valence-corrected chi connectivity index (χ2v) is 9.35. The fraction of sp³-hybridized carbons (Fsp3) is 0.276. The zero-order valence-electron chi connectivity index (χ0n) is 20.0. The van der Waals surface area contributed by atoms with Crippen molar-refractivity contribution in [1.29, 1.82) is 0 Å². The second kappa shape index (κ2) is 9.22. The molecule has 1 heterocycles. The van der Waals surface area contributed by atoms with Gasteiger partial charge in [-0.1, -0.05) is 61.5 Å². The summed E-state index contributed by atoms with van der Waals surface area (Å²) in [5.41, 5.74) is 7.14. The quantitative estimate of drug-likeness (QED) is 0.303. The third kappa shape index (κ3) is 5.33. The second-order valence-electron chi connectivity index (χ2n) is 9.35. The van der Waals surface area contributed by atoms with Gasteiger partial charge >= 0.3 is 0 Å². The van der Waals surface area contributed by atoms with E-state index in [0.717, 1.165) is 51.4 Å². The van der Waals surface area contributed by atoms with Gasteiger partial charge in [0.15, 0.2) is 0 Å². The first kappa shape index (κ1) is 22.8. The minimum Gasteiger partial charge on any atom is -0.326 e. The molecule has 3 nitrogen and oxygen atoms in total. The molecular weight excluding hydrogens is 409 g/mol. The van der Waals surface area contributed by atoms with Gasteiger partial charge in [-0.15, -0.1) is 0 Å². The lowest BCUT2D eigenvalue weighted by molar-refractivity contribution is 0.216. The Hall–Kier alpha value is -3.40. The Morgan fingerprint density at radius 1 is 1.03 bits per heavy atom. The highest BCUT2D eigenvalue weighted by Gasteiger charge is 2.19. The van der Waals surface area contributed by atoms with Crippen LogP contribution in [0.25, 0.3) is 16.6 Å². The van der Waals surface area contributed by atoms with Gasteiger partial charge in [0.05, 0.1) is 17.6 Å². The Labute approximate surface area is 196 Å². The number of alkyl halides is 1. The molecule has 0 spiro atoms. The summed E-state index contributed by atoms with van der Waals surface area (Å²) < 4.78 is 16.7. The van der Waals surface area contributed by atoms with Crippen molar-refractivity contribution in [3.63, 3.8) is 0 Å². The molecule has 0 atom stereocenters. The highest BCUT2D eigenvalue weighted by atomic mass is 19.1. The fourth-order valence-electron chi connectivity index (χ4n) is 4.11. The smallest absolute Gasteiger partial charge is 0.208 e. The lowest BCUT2D eigenvalue weighted by Crippen LogP contribution is -2.17. The molecule has 0 saturated carbocycles. The van der Waals surface area contributed by atoms with Crippen LogP contribution in [0.1, 0.15) is 49.9 Å². The lowest BCUT2D eigenvalue weighted by atomic mass is 9.96. The van der Waals surface area contributed by atoms with Gasteiger partial charge in [-0.2, -0.15) is 0 Å². The van der Waals surface area contributed by atoms with Crippen LogP contribution in [-0.4, -0.2) is 15.2 Å². The molecule has 4 rings (SSSR count). The van der Waals surface area contributed by atoms with E-state index >= 15 is 0 Å². The van der Waals surface area contributed by atoms with E-state index in [9.17, 15) is 4.39 Å². The molecule has 0 fully saturated rings. The number of hydrogen-bond donors (Lipinski definition) is 1. The topological polar surface area (TPSA) is 29.9 Å². The number of anilines is 2. The van der Waals surface area contributed by atoms with Gasteiger partial charge in [-0.25, -0.2) is 9.37 Å². The van der Waals surface area contributed by atoms with Crippen LogP contribution in [0, 0.1) is 0 Å². The van der Waals surface area contributed by atoms with Crippen LogP contribution in [0.2, 0.25) is 0 Å². The lowest BCUT2D eigenvalue weighted by Gasteiger charge is -2.18. The summed E-state index contributed by atoms with van der Waals surface area (Å²) >= 11 is 0. The summed E-state index contributed by atoms with van der Waals surface area (Å²) in [6.45, 7) is 12.1. The van der Waals surface area contributed by atoms with E-state index in [0.29, 0.717) is 13.0 Å². The van der Waals surface area contributed by atoms with Crippen LogP contribution in [0.3, 0.4) is 0 Å². The largest absolute Gasteiger partial charge is 0.326 e. The van der Waals surface area contributed by atoms with Crippen LogP contribution < -0.4 is 5.32 Å². The number of nitrogens with one attached hydrogen (secondary N) is 1. The van der Waals surface area contributed by atoms with E-state index < -0.39 is 5.67 Å². The predicted molar refractivity (Wildman–Crippen MR) is 138 cm³/mol. The maximum Gasteiger partial charge on any atom is 0.208 e. The van der Waals surface area contributed by atoms with Crippen LogP contribution in [0.5, 0.6) is 0 Å². The molecule has 0 saturated heterocycles. The summed E-state index contributed by atoms with van der Waals surface area (Å²) in [5.74, 6) is 0.766. The SMILES string of the molecule is C=C(C)c1ccc2c(c1)nc(Nc1ccc(CC)cc1)n2Cc1ccccc1CC(C)(C)F. The summed E-state index contributed by atoms with van der Waals surface area (Å²) in [5, 5.41) is 3.51. The van der Waals surface area contributed by atoms with E-state index in [1.165, 1.54) is 5.56 Å². The minimum atomic E-state index is -1.27. The highest BCUT2D eigenvalue weighted by molar-refractivity contribution is 5.83. The van der Waals surface area contributed by atoms with E-state index in [1.54, 1.807) is 13.8 Å². The summed E-state index contributed by atoms with van der Waals surface area (Å²) in [6, 6.07) is 22.8. The molecule has 0 bridgehead atoms. The molecule has 3 aromatic carbocycles. The Kier molecular flexibility index (Phi) is 6.37. The van der Waals surface area contributed by atoms with E-state index in [4.69, 9.17) is 4.98 Å². The average Bonchev–Trinajstić information content (AvgIpc) is 3.10. The first-order valence-corrected chi connectivity index (χ1v) is 11.5. The van der Waals surface area contributed by atoms with Gasteiger partial charge in [-0.3, -0.25) is 0 Å². The molecule has 0 aliphatic rings. The molecule has 33 heavy (non-hydrogen) atoms. The molecule has 0 aliphatic carbocycles. The monoisotopic (exact) mass is 441 g/mol. The van der Waals surface area contributed by atoms with Gasteiger partial charge in [0.1, 0.15) is 5.67 Å². The molecule has 0 aliphatic heterocycles. The third-order valence-electron chi connectivity index (χ3n) is 5.92. The van der Waals surface area contributed by atoms with Crippen molar-refractivity contribution in [2.75, 3.05) is 5.32 Å². The number of nitrogens with zero attached hydrogens (tertiary/aromatic N) is 2. The first-order valence-electron chi connectivity index (χ1n) is 11.5. The number of benzene rings is 3. The molecule has 1 aromatic heterocycles. The Bertz CT molecular complexity index is 1280. The van der Waals surface area contributed by atoms with Gasteiger partial charge < -0.3 is 9.88 Å². The van der Waals surface area contributed by atoms with Gasteiger partial charge in [0, 0.05) is 12.1 Å². The highest BCUT2D eigenvalue weighted by Crippen LogP contribution is 2.28. The van der Waals surface area contributed by atoms with E-state index in [-0.39, 0.29) is 0 Å². The molecule has 1 N–H and O–H groups in total. The molecule has 0 amide bonds. The van der Waals surface area contributed by atoms with Crippen LogP contribution in [0.4, 0.5) is 16.0 Å². The number of halogens is 1. The number of aryl methyl sites for hydroxylation is 1. The van der Waals surface area contributed by atoms with Crippen molar-refractivity contribution in [3.05, 3.63) is 95.6 Å². The van der Waals surface area contributed by atoms with Gasteiger partial charge in [0.2, 0.25) is 5.95 Å². The van der Waals surface area contributed by atoms with Crippen LogP contribution in [-0.2, 0) is 19.4 Å². The van der Waals surface area contributed by atoms with Crippen LogP contribution in [0.15, 0.2) is 73.3 Å².